The van der Waals surface area contributed by atoms with Crippen LogP contribution < -0.4 is 0 Å². The topological polar surface area (TPSA) is 66.8 Å². The van der Waals surface area contributed by atoms with Crippen molar-refractivity contribution in [3.05, 3.63) is 0 Å². The van der Waals surface area contributed by atoms with E-state index < -0.39 is 0 Å². The maximum atomic E-state index is 10.9. The molecule has 12 heavy (non-hydrogen) atoms. The first-order chi connectivity index (χ1) is 5.33. The van der Waals surface area contributed by atoms with Crippen molar-refractivity contribution in [1.29, 1.82) is 0 Å². The van der Waals surface area contributed by atoms with Crippen molar-refractivity contribution in [1.82, 2.24) is 0 Å². The minimum atomic E-state index is -0.346. The van der Waals surface area contributed by atoms with Crippen LogP contribution in [-0.2, 0) is 9.53 Å². The van der Waals surface area contributed by atoms with Gasteiger partial charge in [-0.25, -0.2) is 0 Å². The zero-order valence-electron chi connectivity index (χ0n) is 8.29. The van der Waals surface area contributed by atoms with E-state index in [1.54, 1.807) is 0 Å². The Labute approximate surface area is 73.1 Å². The van der Waals surface area contributed by atoms with Crippen LogP contribution in [0.2, 0.25) is 0 Å². The van der Waals surface area contributed by atoms with Crippen molar-refractivity contribution in [3.8, 4) is 0 Å². The number of rotatable bonds is 1. The second-order valence-electron chi connectivity index (χ2n) is 3.69. The second-order valence-corrected chi connectivity index (χ2v) is 3.69. The lowest BCUT2D eigenvalue weighted by atomic mass is 10.1. The van der Waals surface area contributed by atoms with Crippen molar-refractivity contribution in [2.45, 2.75) is 40.2 Å². The van der Waals surface area contributed by atoms with Gasteiger partial charge in [0.1, 0.15) is 5.60 Å². The Morgan fingerprint density at radius 2 is 1.58 bits per heavy atom. The van der Waals surface area contributed by atoms with Crippen molar-refractivity contribution < 1.29 is 20.0 Å². The van der Waals surface area contributed by atoms with Gasteiger partial charge in [0.15, 0.2) is 0 Å². The zero-order valence-corrected chi connectivity index (χ0v) is 8.29. The van der Waals surface area contributed by atoms with E-state index in [0.29, 0.717) is 0 Å². The van der Waals surface area contributed by atoms with Gasteiger partial charge in [-0.1, -0.05) is 13.8 Å². The van der Waals surface area contributed by atoms with E-state index in [2.05, 4.69) is 0 Å². The van der Waals surface area contributed by atoms with Gasteiger partial charge in [0, 0.05) is 0 Å². The molecule has 0 spiro atoms. The van der Waals surface area contributed by atoms with Gasteiger partial charge in [-0.3, -0.25) is 15.3 Å². The summed E-state index contributed by atoms with van der Waals surface area (Å²) >= 11 is 0. The van der Waals surface area contributed by atoms with Crippen LogP contribution >= 0.6 is 0 Å². The summed E-state index contributed by atoms with van der Waals surface area (Å²) in [6.45, 7) is 9.26. The molecular weight excluding hydrogens is 160 g/mol. The summed E-state index contributed by atoms with van der Waals surface area (Å²) in [6.07, 6.45) is 0. The predicted octanol–water partition coefficient (Wildman–Crippen LogP) is 2.00. The fourth-order valence-corrected chi connectivity index (χ4v) is 0.420. The van der Waals surface area contributed by atoms with Gasteiger partial charge < -0.3 is 4.74 Å². The highest BCUT2D eigenvalue weighted by atomic mass is 17.0. The minimum Gasteiger partial charge on any atom is -0.460 e. The molecule has 0 aromatic rings. The number of carbonyl (C=O) groups excluding carboxylic acids is 1. The van der Waals surface area contributed by atoms with Crippen LogP contribution in [0.25, 0.3) is 0 Å². The Morgan fingerprint density at radius 3 is 1.67 bits per heavy atom. The summed E-state index contributed by atoms with van der Waals surface area (Å²) in [4.78, 5) is 10.9. The quantitative estimate of drug-likeness (QED) is 0.366. The average molecular weight is 178 g/mol. The molecular formula is C8H18O4. The molecule has 2 N–H and O–H groups in total. The summed E-state index contributed by atoms with van der Waals surface area (Å²) in [7, 11) is 0. The van der Waals surface area contributed by atoms with E-state index in [9.17, 15) is 4.79 Å². The maximum absolute atomic E-state index is 10.9. The number of hydrogen-bond acceptors (Lipinski definition) is 4. The van der Waals surface area contributed by atoms with Gasteiger partial charge >= 0.3 is 5.97 Å². The molecule has 0 aromatic heterocycles. The largest absolute Gasteiger partial charge is 0.460 e. The molecule has 0 rings (SSSR count). The molecule has 0 aliphatic carbocycles. The first-order valence-corrected chi connectivity index (χ1v) is 3.76. The van der Waals surface area contributed by atoms with E-state index in [1.807, 2.05) is 34.6 Å². The highest BCUT2D eigenvalue weighted by molar-refractivity contribution is 5.71. The second kappa shape index (κ2) is 5.97. The fraction of sp³-hybridized carbons (Fsp3) is 0.875. The highest BCUT2D eigenvalue weighted by Gasteiger charge is 2.17. The monoisotopic (exact) mass is 178 g/mol. The van der Waals surface area contributed by atoms with Crippen LogP contribution in [0.1, 0.15) is 34.6 Å². The van der Waals surface area contributed by atoms with Gasteiger partial charge in [0.25, 0.3) is 0 Å². The number of ether oxygens (including phenoxy) is 1. The third-order valence-electron chi connectivity index (χ3n) is 0.878. The first kappa shape index (κ1) is 13.9. The molecule has 0 atom stereocenters. The first-order valence-electron chi connectivity index (χ1n) is 3.76. The lowest BCUT2D eigenvalue weighted by Gasteiger charge is -2.20. The van der Waals surface area contributed by atoms with Crippen molar-refractivity contribution >= 4 is 5.97 Å². The van der Waals surface area contributed by atoms with Crippen LogP contribution in [0, 0.1) is 5.92 Å². The smallest absolute Gasteiger partial charge is 0.308 e. The molecule has 0 saturated heterocycles. The van der Waals surface area contributed by atoms with Crippen molar-refractivity contribution in [2.24, 2.45) is 5.92 Å². The van der Waals surface area contributed by atoms with E-state index in [-0.39, 0.29) is 17.5 Å². The molecule has 0 saturated carbocycles. The van der Waals surface area contributed by atoms with Crippen LogP contribution in [0.15, 0.2) is 0 Å². The van der Waals surface area contributed by atoms with Crippen molar-refractivity contribution in [3.63, 3.8) is 0 Å². The van der Waals surface area contributed by atoms with Crippen LogP contribution in [-0.4, -0.2) is 22.1 Å². The molecule has 0 fully saturated rings. The van der Waals surface area contributed by atoms with E-state index in [0.717, 1.165) is 0 Å². The number of esters is 1. The predicted molar refractivity (Wildman–Crippen MR) is 45.9 cm³/mol. The van der Waals surface area contributed by atoms with Crippen LogP contribution in [0.4, 0.5) is 0 Å². The Morgan fingerprint density at radius 1 is 1.25 bits per heavy atom. The third kappa shape index (κ3) is 9.39. The molecule has 0 heterocycles. The molecule has 0 aliphatic rings. The lowest BCUT2D eigenvalue weighted by molar-refractivity contribution is -0.176. The lowest BCUT2D eigenvalue weighted by Crippen LogP contribution is -2.26. The maximum Gasteiger partial charge on any atom is 0.308 e. The summed E-state index contributed by atoms with van der Waals surface area (Å²) < 4.78 is 5.06. The molecule has 0 aliphatic heterocycles. The molecule has 4 heteroatoms. The SMILES string of the molecule is CC(C)C(=O)OC(C)(C)C.OO. The van der Waals surface area contributed by atoms with E-state index in [1.165, 1.54) is 0 Å². The average Bonchev–Trinajstić information content (AvgIpc) is 1.88. The van der Waals surface area contributed by atoms with E-state index in [4.69, 9.17) is 15.3 Å². The molecule has 0 radical (unpaired) electrons. The molecule has 0 unspecified atom stereocenters. The summed E-state index contributed by atoms with van der Waals surface area (Å²) in [5.41, 5.74) is -0.346. The Kier molecular flexibility index (Phi) is 6.94. The number of hydrogen-bond donors (Lipinski definition) is 2. The van der Waals surface area contributed by atoms with E-state index >= 15 is 0 Å². The minimum absolute atomic E-state index is 0.0285. The fourth-order valence-electron chi connectivity index (χ4n) is 0.420. The van der Waals surface area contributed by atoms with Gasteiger partial charge in [-0.05, 0) is 20.8 Å². The summed E-state index contributed by atoms with van der Waals surface area (Å²) in [5.74, 6) is -0.160. The van der Waals surface area contributed by atoms with Crippen LogP contribution in [0.5, 0.6) is 0 Å². The normalized spacial score (nSPS) is 10.3. The third-order valence-corrected chi connectivity index (χ3v) is 0.878. The molecule has 0 amide bonds. The standard InChI is InChI=1S/C8H16O2.H2O2/c1-6(2)7(9)10-8(3,4)5;1-2/h6H,1-5H3;1-2H. The molecule has 4 nitrogen and oxygen atoms in total. The summed E-state index contributed by atoms with van der Waals surface area (Å²) in [5, 5.41) is 12.0. The van der Waals surface area contributed by atoms with Crippen LogP contribution in [0.3, 0.4) is 0 Å². The number of carbonyl (C=O) groups is 1. The Balaban J connectivity index is 0. The van der Waals surface area contributed by atoms with Gasteiger partial charge in [0.2, 0.25) is 0 Å². The Hall–Kier alpha value is -0.610. The zero-order chi connectivity index (χ0) is 10.4. The highest BCUT2D eigenvalue weighted by Crippen LogP contribution is 2.10. The summed E-state index contributed by atoms with van der Waals surface area (Å²) in [6, 6.07) is 0. The molecule has 0 aromatic carbocycles. The molecule has 74 valence electrons. The van der Waals surface area contributed by atoms with Crippen molar-refractivity contribution in [2.75, 3.05) is 0 Å². The van der Waals surface area contributed by atoms with Gasteiger partial charge in [-0.2, -0.15) is 0 Å². The van der Waals surface area contributed by atoms with Gasteiger partial charge in [0.05, 0.1) is 5.92 Å². The van der Waals surface area contributed by atoms with Gasteiger partial charge in [-0.15, -0.1) is 0 Å². The molecule has 0 bridgehead atoms. The Bertz CT molecular complexity index is 124.